The van der Waals surface area contributed by atoms with Crippen LogP contribution in [0, 0.1) is 0 Å². The maximum atomic E-state index is 12.4. The molecule has 8 heteroatoms. The highest BCUT2D eigenvalue weighted by Crippen LogP contribution is 2.13. The maximum Gasteiger partial charge on any atom is 0.274 e. The fourth-order valence-electron chi connectivity index (χ4n) is 3.03. The number of carbonyl (C=O) groups is 1. The normalized spacial score (nSPS) is 15.6. The van der Waals surface area contributed by atoms with Crippen LogP contribution in [0.25, 0.3) is 11.0 Å². The second-order valence-corrected chi connectivity index (χ2v) is 6.08. The fourth-order valence-corrected chi connectivity index (χ4v) is 3.03. The first kappa shape index (κ1) is 15.5. The smallest absolute Gasteiger partial charge is 0.274 e. The second kappa shape index (κ2) is 6.48. The van der Waals surface area contributed by atoms with Gasteiger partial charge in [-0.2, -0.15) is 5.10 Å². The lowest BCUT2D eigenvalue weighted by Crippen LogP contribution is -2.48. The predicted octanol–water partition coefficient (Wildman–Crippen LogP) is 0.604. The fraction of sp³-hybridized carbons (Fsp3) is 0.294. The van der Waals surface area contributed by atoms with Crippen LogP contribution in [0.5, 0.6) is 0 Å². The lowest BCUT2D eigenvalue weighted by molar-refractivity contribution is 0.0619. The van der Waals surface area contributed by atoms with Gasteiger partial charge < -0.3 is 9.88 Å². The lowest BCUT2D eigenvalue weighted by Gasteiger charge is -2.34. The number of H-pyrrole nitrogens is 2. The van der Waals surface area contributed by atoms with Crippen molar-refractivity contribution in [1.82, 2.24) is 30.0 Å². The lowest BCUT2D eigenvalue weighted by atomic mass is 10.2. The topological polar surface area (TPSA) is 98.0 Å². The molecule has 128 valence electrons. The van der Waals surface area contributed by atoms with E-state index in [1.807, 2.05) is 24.3 Å². The van der Waals surface area contributed by atoms with E-state index in [2.05, 4.69) is 25.1 Å². The van der Waals surface area contributed by atoms with Crippen molar-refractivity contribution in [1.29, 1.82) is 0 Å². The molecular formula is C17H18N6O2. The Labute approximate surface area is 143 Å². The van der Waals surface area contributed by atoms with E-state index < -0.39 is 0 Å². The van der Waals surface area contributed by atoms with Crippen LogP contribution in [0.2, 0.25) is 0 Å². The van der Waals surface area contributed by atoms with Crippen LogP contribution in [0.3, 0.4) is 0 Å². The molecule has 1 saturated heterocycles. The van der Waals surface area contributed by atoms with Crippen molar-refractivity contribution in [2.24, 2.45) is 0 Å². The number of hydrogen-bond acceptors (Lipinski definition) is 5. The first-order valence-electron chi connectivity index (χ1n) is 8.20. The minimum atomic E-state index is -0.313. The molecule has 3 aromatic rings. The number of rotatable bonds is 3. The first-order chi connectivity index (χ1) is 12.2. The van der Waals surface area contributed by atoms with Gasteiger partial charge in [0.15, 0.2) is 0 Å². The SMILES string of the molecule is O=C(c1ccc(=O)[nH]n1)N1CCN(Cc2nc3ccccc3[nH]2)CC1. The predicted molar refractivity (Wildman–Crippen MR) is 92.1 cm³/mol. The maximum absolute atomic E-state index is 12.4. The number of aromatic amines is 2. The van der Waals surface area contributed by atoms with Gasteiger partial charge >= 0.3 is 0 Å². The van der Waals surface area contributed by atoms with E-state index >= 15 is 0 Å². The summed E-state index contributed by atoms with van der Waals surface area (Å²) < 4.78 is 0. The third-order valence-corrected chi connectivity index (χ3v) is 4.37. The van der Waals surface area contributed by atoms with Gasteiger partial charge in [0.2, 0.25) is 0 Å². The highest BCUT2D eigenvalue weighted by atomic mass is 16.2. The summed E-state index contributed by atoms with van der Waals surface area (Å²) in [7, 11) is 0. The standard InChI is InChI=1S/C17H18N6O2/c24-16-6-5-14(20-21-16)17(25)23-9-7-22(8-10-23)11-15-18-12-3-1-2-4-13(12)19-15/h1-6H,7-11H2,(H,18,19)(H,21,24). The number of imidazole rings is 1. The number of nitrogens with one attached hydrogen (secondary N) is 2. The number of nitrogens with zero attached hydrogens (tertiary/aromatic N) is 4. The molecule has 0 unspecified atom stereocenters. The van der Waals surface area contributed by atoms with Crippen LogP contribution in [0.15, 0.2) is 41.2 Å². The van der Waals surface area contributed by atoms with Gasteiger partial charge in [-0.05, 0) is 18.2 Å². The molecule has 4 rings (SSSR count). The zero-order valence-electron chi connectivity index (χ0n) is 13.6. The molecule has 0 atom stereocenters. The zero-order valence-corrected chi connectivity index (χ0v) is 13.6. The van der Waals surface area contributed by atoms with Crippen LogP contribution >= 0.6 is 0 Å². The summed E-state index contributed by atoms with van der Waals surface area (Å²) in [5.41, 5.74) is 1.96. The Morgan fingerprint density at radius 2 is 1.88 bits per heavy atom. The number of amides is 1. The van der Waals surface area contributed by atoms with Gasteiger partial charge in [0, 0.05) is 32.2 Å². The van der Waals surface area contributed by atoms with Crippen molar-refractivity contribution in [3.63, 3.8) is 0 Å². The summed E-state index contributed by atoms with van der Waals surface area (Å²) in [5.74, 6) is 0.780. The molecule has 0 bridgehead atoms. The molecule has 0 saturated carbocycles. The number of aromatic nitrogens is 4. The molecule has 0 spiro atoms. The number of benzene rings is 1. The third kappa shape index (κ3) is 3.29. The van der Waals surface area contributed by atoms with E-state index in [0.717, 1.165) is 36.5 Å². The van der Waals surface area contributed by atoms with Gasteiger partial charge in [-0.25, -0.2) is 10.1 Å². The largest absolute Gasteiger partial charge is 0.341 e. The van der Waals surface area contributed by atoms with Crippen LogP contribution in [0.1, 0.15) is 16.3 Å². The quantitative estimate of drug-likeness (QED) is 0.729. The molecule has 2 aromatic heterocycles. The number of fused-ring (bicyclic) bond motifs is 1. The summed E-state index contributed by atoms with van der Waals surface area (Å²) in [4.78, 5) is 35.4. The average molecular weight is 338 g/mol. The Morgan fingerprint density at radius 3 is 2.60 bits per heavy atom. The minimum absolute atomic E-state index is 0.153. The van der Waals surface area contributed by atoms with Gasteiger partial charge in [-0.3, -0.25) is 14.5 Å². The Bertz CT molecular complexity index is 901. The van der Waals surface area contributed by atoms with Crippen molar-refractivity contribution >= 4 is 16.9 Å². The summed E-state index contributed by atoms with van der Waals surface area (Å²) in [6.45, 7) is 3.52. The second-order valence-electron chi connectivity index (χ2n) is 6.08. The van der Waals surface area contributed by atoms with Crippen molar-refractivity contribution < 1.29 is 4.79 Å². The van der Waals surface area contributed by atoms with Gasteiger partial charge in [-0.15, -0.1) is 0 Å². The average Bonchev–Trinajstić information content (AvgIpc) is 3.05. The molecule has 1 fully saturated rings. The summed E-state index contributed by atoms with van der Waals surface area (Å²) in [6.07, 6.45) is 0. The summed E-state index contributed by atoms with van der Waals surface area (Å²) in [5, 5.41) is 6.11. The first-order valence-corrected chi connectivity index (χ1v) is 8.20. The van der Waals surface area contributed by atoms with E-state index in [4.69, 9.17) is 0 Å². The number of hydrogen-bond donors (Lipinski definition) is 2. The molecule has 1 aromatic carbocycles. The summed E-state index contributed by atoms with van der Waals surface area (Å²) >= 11 is 0. The van der Waals surface area contributed by atoms with Crippen molar-refractivity contribution in [3.8, 4) is 0 Å². The molecule has 0 aliphatic carbocycles. The van der Waals surface area contributed by atoms with E-state index in [9.17, 15) is 9.59 Å². The third-order valence-electron chi connectivity index (χ3n) is 4.37. The Morgan fingerprint density at radius 1 is 1.08 bits per heavy atom. The van der Waals surface area contributed by atoms with Crippen molar-refractivity contribution in [3.05, 3.63) is 58.3 Å². The van der Waals surface area contributed by atoms with E-state index in [1.54, 1.807) is 4.90 Å². The minimum Gasteiger partial charge on any atom is -0.341 e. The van der Waals surface area contributed by atoms with E-state index in [-0.39, 0.29) is 17.2 Å². The molecule has 0 radical (unpaired) electrons. The van der Waals surface area contributed by atoms with Crippen molar-refractivity contribution in [2.45, 2.75) is 6.54 Å². The number of para-hydroxylation sites is 2. The number of piperazine rings is 1. The van der Waals surface area contributed by atoms with E-state index in [1.165, 1.54) is 12.1 Å². The number of carbonyl (C=O) groups excluding carboxylic acids is 1. The Balaban J connectivity index is 1.37. The molecule has 1 aliphatic rings. The van der Waals surface area contributed by atoms with Gasteiger partial charge in [0.1, 0.15) is 11.5 Å². The monoisotopic (exact) mass is 338 g/mol. The molecular weight excluding hydrogens is 320 g/mol. The molecule has 2 N–H and O–H groups in total. The molecule has 8 nitrogen and oxygen atoms in total. The highest BCUT2D eigenvalue weighted by Gasteiger charge is 2.23. The van der Waals surface area contributed by atoms with Gasteiger partial charge in [0.05, 0.1) is 17.6 Å². The van der Waals surface area contributed by atoms with Crippen LogP contribution in [0.4, 0.5) is 0 Å². The molecule has 1 aliphatic heterocycles. The zero-order chi connectivity index (χ0) is 17.2. The van der Waals surface area contributed by atoms with Crippen molar-refractivity contribution in [2.75, 3.05) is 26.2 Å². The molecule has 1 amide bonds. The Kier molecular flexibility index (Phi) is 4.02. The Hall–Kier alpha value is -3.00. The molecule has 25 heavy (non-hydrogen) atoms. The van der Waals surface area contributed by atoms with Gasteiger partial charge in [0.25, 0.3) is 11.5 Å². The van der Waals surface area contributed by atoms with Crippen LogP contribution in [-0.2, 0) is 6.54 Å². The summed E-state index contributed by atoms with van der Waals surface area (Å²) in [6, 6.07) is 10.7. The molecule has 3 heterocycles. The van der Waals surface area contributed by atoms with E-state index in [0.29, 0.717) is 13.1 Å². The van der Waals surface area contributed by atoms with Gasteiger partial charge in [-0.1, -0.05) is 12.1 Å². The van der Waals surface area contributed by atoms with Crippen LogP contribution < -0.4 is 5.56 Å². The highest BCUT2D eigenvalue weighted by molar-refractivity contribution is 5.92. The van der Waals surface area contributed by atoms with Crippen LogP contribution in [-0.4, -0.2) is 62.1 Å².